The third kappa shape index (κ3) is 2.47. The molecule has 1 unspecified atom stereocenters. The van der Waals surface area contributed by atoms with Crippen molar-refractivity contribution in [2.45, 2.75) is 16.9 Å². The van der Waals surface area contributed by atoms with Gasteiger partial charge in [-0.05, 0) is 25.1 Å². The molecular formula is C10H14N2OS. The number of nitrogens with one attached hydrogen (secondary N) is 1. The highest BCUT2D eigenvalue weighted by atomic mass is 32.2. The molecule has 0 amide bonds. The standard InChI is InChI=1S/C10H14N2OS/c13-10(3-6-12-7-10)8-14-9-1-4-11-5-2-9/h1-2,4-5,12-13H,3,6-8H2. The van der Waals surface area contributed by atoms with Gasteiger partial charge in [0.1, 0.15) is 0 Å². The molecule has 1 saturated heterocycles. The largest absolute Gasteiger partial charge is 0.388 e. The summed E-state index contributed by atoms with van der Waals surface area (Å²) in [6, 6.07) is 3.94. The van der Waals surface area contributed by atoms with Gasteiger partial charge in [0.25, 0.3) is 0 Å². The fourth-order valence-corrected chi connectivity index (χ4v) is 2.50. The van der Waals surface area contributed by atoms with Crippen LogP contribution >= 0.6 is 11.8 Å². The Bertz CT molecular complexity index is 285. The van der Waals surface area contributed by atoms with Crippen LogP contribution in [-0.4, -0.2) is 34.5 Å². The van der Waals surface area contributed by atoms with Crippen molar-refractivity contribution in [3.8, 4) is 0 Å². The van der Waals surface area contributed by atoms with Gasteiger partial charge < -0.3 is 10.4 Å². The average molecular weight is 210 g/mol. The van der Waals surface area contributed by atoms with Crippen molar-refractivity contribution in [3.05, 3.63) is 24.5 Å². The van der Waals surface area contributed by atoms with Crippen LogP contribution in [0.15, 0.2) is 29.4 Å². The molecule has 1 fully saturated rings. The number of aromatic nitrogens is 1. The molecule has 76 valence electrons. The number of nitrogens with zero attached hydrogens (tertiary/aromatic N) is 1. The minimum atomic E-state index is -0.520. The lowest BCUT2D eigenvalue weighted by Crippen LogP contribution is -2.33. The molecule has 1 atom stereocenters. The van der Waals surface area contributed by atoms with E-state index in [1.165, 1.54) is 4.90 Å². The Balaban J connectivity index is 1.88. The van der Waals surface area contributed by atoms with Crippen molar-refractivity contribution in [2.75, 3.05) is 18.8 Å². The second-order valence-electron chi connectivity index (χ2n) is 3.62. The van der Waals surface area contributed by atoms with Crippen molar-refractivity contribution in [1.82, 2.24) is 10.3 Å². The summed E-state index contributed by atoms with van der Waals surface area (Å²) in [5.41, 5.74) is -0.520. The van der Waals surface area contributed by atoms with Crippen LogP contribution in [0.2, 0.25) is 0 Å². The monoisotopic (exact) mass is 210 g/mol. The maximum atomic E-state index is 10.1. The van der Waals surface area contributed by atoms with E-state index < -0.39 is 5.60 Å². The van der Waals surface area contributed by atoms with E-state index in [1.54, 1.807) is 24.2 Å². The van der Waals surface area contributed by atoms with Gasteiger partial charge in [-0.1, -0.05) is 0 Å². The first-order valence-electron chi connectivity index (χ1n) is 4.74. The molecule has 0 spiro atoms. The molecule has 4 heteroatoms. The molecule has 0 aromatic carbocycles. The van der Waals surface area contributed by atoms with Gasteiger partial charge in [0.15, 0.2) is 0 Å². The van der Waals surface area contributed by atoms with Crippen LogP contribution < -0.4 is 5.32 Å². The van der Waals surface area contributed by atoms with Crippen molar-refractivity contribution < 1.29 is 5.11 Å². The molecule has 0 radical (unpaired) electrons. The number of aliphatic hydroxyl groups is 1. The molecule has 2 heterocycles. The third-order valence-corrected chi connectivity index (χ3v) is 3.67. The van der Waals surface area contributed by atoms with Crippen LogP contribution in [0.25, 0.3) is 0 Å². The molecule has 0 aliphatic carbocycles. The number of thioether (sulfide) groups is 1. The zero-order valence-corrected chi connectivity index (χ0v) is 8.76. The van der Waals surface area contributed by atoms with Gasteiger partial charge in [-0.3, -0.25) is 4.98 Å². The first-order valence-corrected chi connectivity index (χ1v) is 5.73. The summed E-state index contributed by atoms with van der Waals surface area (Å²) >= 11 is 1.69. The molecule has 1 aromatic rings. The average Bonchev–Trinajstić information content (AvgIpc) is 2.65. The first kappa shape index (κ1) is 9.96. The zero-order chi connectivity index (χ0) is 9.86. The Morgan fingerprint density at radius 2 is 2.29 bits per heavy atom. The SMILES string of the molecule is OC1(CSc2ccncc2)CCNC1. The fourth-order valence-electron chi connectivity index (χ4n) is 1.51. The van der Waals surface area contributed by atoms with Gasteiger partial charge in [0.2, 0.25) is 0 Å². The number of β-amino-alcohol motifs (C(OH)–C–C–N with tert-alkyl or cyclic N) is 1. The topological polar surface area (TPSA) is 45.2 Å². The Morgan fingerprint density at radius 3 is 2.93 bits per heavy atom. The fraction of sp³-hybridized carbons (Fsp3) is 0.500. The van der Waals surface area contributed by atoms with E-state index >= 15 is 0 Å². The molecule has 2 N–H and O–H groups in total. The number of rotatable bonds is 3. The summed E-state index contributed by atoms with van der Waals surface area (Å²) < 4.78 is 0. The third-order valence-electron chi connectivity index (χ3n) is 2.38. The molecule has 2 rings (SSSR count). The highest BCUT2D eigenvalue weighted by Crippen LogP contribution is 2.25. The Hall–Kier alpha value is -0.580. The lowest BCUT2D eigenvalue weighted by atomic mass is 10.1. The zero-order valence-electron chi connectivity index (χ0n) is 7.94. The molecular weight excluding hydrogens is 196 g/mol. The van der Waals surface area contributed by atoms with E-state index in [4.69, 9.17) is 0 Å². The first-order chi connectivity index (χ1) is 6.79. The van der Waals surface area contributed by atoms with Gasteiger partial charge in [0, 0.05) is 29.6 Å². The second-order valence-corrected chi connectivity index (χ2v) is 4.67. The Kier molecular flexibility index (Phi) is 3.05. The van der Waals surface area contributed by atoms with Gasteiger partial charge >= 0.3 is 0 Å². The van der Waals surface area contributed by atoms with Crippen molar-refractivity contribution in [2.24, 2.45) is 0 Å². The van der Waals surface area contributed by atoms with Crippen LogP contribution in [-0.2, 0) is 0 Å². The quantitative estimate of drug-likeness (QED) is 0.728. The molecule has 0 saturated carbocycles. The van der Waals surface area contributed by atoms with Crippen molar-refractivity contribution in [1.29, 1.82) is 0 Å². The second kappa shape index (κ2) is 4.29. The van der Waals surface area contributed by atoms with Gasteiger partial charge in [-0.15, -0.1) is 11.8 Å². The lowest BCUT2D eigenvalue weighted by Gasteiger charge is -2.20. The summed E-state index contributed by atoms with van der Waals surface area (Å²) in [7, 11) is 0. The Labute approximate surface area is 87.9 Å². The molecule has 0 bridgehead atoms. The molecule has 1 aliphatic rings. The van der Waals surface area contributed by atoms with Crippen LogP contribution in [0.3, 0.4) is 0 Å². The maximum absolute atomic E-state index is 10.1. The van der Waals surface area contributed by atoms with Crippen LogP contribution in [0.1, 0.15) is 6.42 Å². The summed E-state index contributed by atoms with van der Waals surface area (Å²) in [4.78, 5) is 5.12. The predicted molar refractivity (Wildman–Crippen MR) is 57.4 cm³/mol. The summed E-state index contributed by atoms with van der Waals surface area (Å²) in [5, 5.41) is 13.2. The minimum absolute atomic E-state index is 0.520. The van der Waals surface area contributed by atoms with Gasteiger partial charge in [-0.2, -0.15) is 0 Å². The highest BCUT2D eigenvalue weighted by molar-refractivity contribution is 7.99. The van der Waals surface area contributed by atoms with E-state index in [0.29, 0.717) is 6.54 Å². The van der Waals surface area contributed by atoms with E-state index in [-0.39, 0.29) is 0 Å². The normalized spacial score (nSPS) is 26.6. The summed E-state index contributed by atoms with van der Waals surface area (Å²) in [6.45, 7) is 1.64. The maximum Gasteiger partial charge on any atom is 0.0876 e. The smallest absolute Gasteiger partial charge is 0.0876 e. The number of hydrogen-bond acceptors (Lipinski definition) is 4. The van der Waals surface area contributed by atoms with Crippen molar-refractivity contribution in [3.63, 3.8) is 0 Å². The summed E-state index contributed by atoms with van der Waals surface area (Å²) in [6.07, 6.45) is 4.41. The van der Waals surface area contributed by atoms with E-state index in [0.717, 1.165) is 18.7 Å². The molecule has 1 aromatic heterocycles. The summed E-state index contributed by atoms with van der Waals surface area (Å²) in [5.74, 6) is 0.754. The van der Waals surface area contributed by atoms with Gasteiger partial charge in [-0.25, -0.2) is 0 Å². The molecule has 14 heavy (non-hydrogen) atoms. The van der Waals surface area contributed by atoms with Gasteiger partial charge in [0.05, 0.1) is 5.60 Å². The Morgan fingerprint density at radius 1 is 1.50 bits per heavy atom. The van der Waals surface area contributed by atoms with Crippen molar-refractivity contribution >= 4 is 11.8 Å². The van der Waals surface area contributed by atoms with Crippen LogP contribution in [0, 0.1) is 0 Å². The number of hydrogen-bond donors (Lipinski definition) is 2. The lowest BCUT2D eigenvalue weighted by molar-refractivity contribution is 0.0871. The van der Waals surface area contributed by atoms with Crippen LogP contribution in [0.4, 0.5) is 0 Å². The highest BCUT2D eigenvalue weighted by Gasteiger charge is 2.30. The van der Waals surface area contributed by atoms with E-state index in [9.17, 15) is 5.11 Å². The minimum Gasteiger partial charge on any atom is -0.388 e. The predicted octanol–water partition coefficient (Wildman–Crippen LogP) is 0.898. The molecule has 3 nitrogen and oxygen atoms in total. The van der Waals surface area contributed by atoms with E-state index in [1.807, 2.05) is 12.1 Å². The van der Waals surface area contributed by atoms with E-state index in [2.05, 4.69) is 10.3 Å². The molecule has 1 aliphatic heterocycles. The van der Waals surface area contributed by atoms with Crippen LogP contribution in [0.5, 0.6) is 0 Å². The number of pyridine rings is 1.